The summed E-state index contributed by atoms with van der Waals surface area (Å²) in [5.74, 6) is -1.03. The molecule has 1 aliphatic heterocycles. The van der Waals surface area contributed by atoms with Crippen molar-refractivity contribution in [2.24, 2.45) is 0 Å². The second-order valence-electron chi connectivity index (χ2n) is 5.41. The van der Waals surface area contributed by atoms with Crippen LogP contribution in [0.5, 0.6) is 0 Å². The number of carbonyl (C=O) groups is 2. The van der Waals surface area contributed by atoms with E-state index in [-0.39, 0.29) is 24.9 Å². The average Bonchev–Trinajstić information content (AvgIpc) is 2.67. The fourth-order valence-corrected chi connectivity index (χ4v) is 2.68. The first-order chi connectivity index (χ1) is 12.2. The molecule has 0 saturated carbocycles. The molecule has 0 fully saturated rings. The molecule has 0 unspecified atom stereocenters. The molecule has 0 aromatic heterocycles. The fraction of sp³-hybridized carbons (Fsp3) is 0.263. The van der Waals surface area contributed by atoms with E-state index in [4.69, 9.17) is 14.2 Å². The summed E-state index contributed by atoms with van der Waals surface area (Å²) in [4.78, 5) is 26.1. The summed E-state index contributed by atoms with van der Waals surface area (Å²) in [7, 11) is 0. The molecule has 1 aliphatic rings. The molecule has 0 spiro atoms. The van der Waals surface area contributed by atoms with Gasteiger partial charge in [-0.15, -0.1) is 0 Å². The summed E-state index contributed by atoms with van der Waals surface area (Å²) in [5.41, 5.74) is 0.790. The van der Waals surface area contributed by atoms with Crippen molar-refractivity contribution in [1.82, 2.24) is 0 Å². The summed E-state index contributed by atoms with van der Waals surface area (Å²) in [6, 6.07) is 13.6. The van der Waals surface area contributed by atoms with Crippen LogP contribution in [-0.2, 0) is 23.8 Å². The van der Waals surface area contributed by atoms with Crippen LogP contribution in [0.15, 0.2) is 54.5 Å². The SMILES string of the molecule is CCN(C(=O)COC(=O)C1=COCCO1)c1cccc2ccccc12. The molecule has 0 aliphatic carbocycles. The second kappa shape index (κ2) is 7.70. The molecule has 1 heterocycles. The highest BCUT2D eigenvalue weighted by Crippen LogP contribution is 2.26. The summed E-state index contributed by atoms with van der Waals surface area (Å²) >= 11 is 0. The minimum atomic E-state index is -0.706. The Labute approximate surface area is 145 Å². The van der Waals surface area contributed by atoms with Gasteiger partial charge in [-0.25, -0.2) is 4.79 Å². The first-order valence-electron chi connectivity index (χ1n) is 8.10. The number of nitrogens with zero attached hydrogens (tertiary/aromatic N) is 1. The predicted molar refractivity (Wildman–Crippen MR) is 92.9 cm³/mol. The van der Waals surface area contributed by atoms with Gasteiger partial charge in [0.2, 0.25) is 5.76 Å². The van der Waals surface area contributed by atoms with E-state index in [2.05, 4.69) is 0 Å². The molecule has 3 rings (SSSR count). The number of amides is 1. The number of likely N-dealkylation sites (N-methyl/N-ethyl adjacent to an activating group) is 1. The van der Waals surface area contributed by atoms with Gasteiger partial charge in [-0.3, -0.25) is 4.79 Å². The Morgan fingerprint density at radius 3 is 2.68 bits per heavy atom. The Hall–Kier alpha value is -3.02. The zero-order chi connectivity index (χ0) is 17.6. The molecule has 6 heteroatoms. The summed E-state index contributed by atoms with van der Waals surface area (Å²) in [6.45, 7) is 2.65. The van der Waals surface area contributed by atoms with Gasteiger partial charge in [0.05, 0.1) is 5.69 Å². The third-order valence-electron chi connectivity index (χ3n) is 3.85. The van der Waals surface area contributed by atoms with Crippen LogP contribution in [0, 0.1) is 0 Å². The van der Waals surface area contributed by atoms with Gasteiger partial charge in [0, 0.05) is 11.9 Å². The molecule has 0 bridgehead atoms. The van der Waals surface area contributed by atoms with E-state index in [0.29, 0.717) is 13.2 Å². The van der Waals surface area contributed by atoms with Gasteiger partial charge in [0.25, 0.3) is 5.91 Å². The van der Waals surface area contributed by atoms with Crippen LogP contribution in [0.1, 0.15) is 6.92 Å². The third kappa shape index (κ3) is 3.74. The summed E-state index contributed by atoms with van der Waals surface area (Å²) in [6.07, 6.45) is 1.21. The second-order valence-corrected chi connectivity index (χ2v) is 5.41. The number of ether oxygens (including phenoxy) is 3. The standard InChI is InChI=1S/C19H19NO5/c1-2-20(16-9-5-7-14-6-3-4-8-15(14)16)18(21)13-25-19(22)17-12-23-10-11-24-17/h3-9,12H,2,10-11,13H2,1H3. The zero-order valence-electron chi connectivity index (χ0n) is 13.9. The van der Waals surface area contributed by atoms with Gasteiger partial charge in [0.1, 0.15) is 19.5 Å². The van der Waals surface area contributed by atoms with Gasteiger partial charge >= 0.3 is 5.97 Å². The van der Waals surface area contributed by atoms with Crippen molar-refractivity contribution < 1.29 is 23.8 Å². The lowest BCUT2D eigenvalue weighted by Gasteiger charge is -2.23. The van der Waals surface area contributed by atoms with Crippen molar-refractivity contribution in [3.05, 3.63) is 54.5 Å². The maximum atomic E-state index is 12.6. The smallest absolute Gasteiger partial charge is 0.377 e. The Bertz CT molecular complexity index is 809. The third-order valence-corrected chi connectivity index (χ3v) is 3.85. The van der Waals surface area contributed by atoms with E-state index in [1.807, 2.05) is 49.4 Å². The lowest BCUT2D eigenvalue weighted by atomic mass is 10.1. The van der Waals surface area contributed by atoms with Crippen molar-refractivity contribution in [3.8, 4) is 0 Å². The molecule has 0 atom stereocenters. The minimum Gasteiger partial charge on any atom is -0.493 e. The summed E-state index contributed by atoms with van der Waals surface area (Å²) in [5, 5.41) is 2.01. The van der Waals surface area contributed by atoms with Gasteiger partial charge in [-0.2, -0.15) is 0 Å². The molecular weight excluding hydrogens is 322 g/mol. The van der Waals surface area contributed by atoms with Crippen molar-refractivity contribution in [2.45, 2.75) is 6.92 Å². The Morgan fingerprint density at radius 2 is 1.92 bits per heavy atom. The predicted octanol–water partition coefficient (Wildman–Crippen LogP) is 2.62. The molecule has 2 aromatic rings. The number of benzene rings is 2. The van der Waals surface area contributed by atoms with Crippen LogP contribution >= 0.6 is 0 Å². The highest BCUT2D eigenvalue weighted by molar-refractivity contribution is 6.04. The quantitative estimate of drug-likeness (QED) is 0.782. The number of carbonyl (C=O) groups excluding carboxylic acids is 2. The highest BCUT2D eigenvalue weighted by atomic mass is 16.6. The van der Waals surface area contributed by atoms with Crippen LogP contribution in [0.25, 0.3) is 10.8 Å². The largest absolute Gasteiger partial charge is 0.493 e. The molecule has 6 nitrogen and oxygen atoms in total. The van der Waals surface area contributed by atoms with Crippen LogP contribution < -0.4 is 4.90 Å². The lowest BCUT2D eigenvalue weighted by molar-refractivity contribution is -0.148. The van der Waals surface area contributed by atoms with Crippen molar-refractivity contribution in [2.75, 3.05) is 31.3 Å². The number of fused-ring (bicyclic) bond motifs is 1. The van der Waals surface area contributed by atoms with E-state index >= 15 is 0 Å². The van der Waals surface area contributed by atoms with Gasteiger partial charge < -0.3 is 19.1 Å². The molecular formula is C19H19NO5. The summed E-state index contributed by atoms with van der Waals surface area (Å²) < 4.78 is 15.2. The minimum absolute atomic E-state index is 0.0211. The number of esters is 1. The number of anilines is 1. The Morgan fingerprint density at radius 1 is 1.12 bits per heavy atom. The number of hydrogen-bond donors (Lipinski definition) is 0. The van der Waals surface area contributed by atoms with Crippen molar-refractivity contribution in [3.63, 3.8) is 0 Å². The van der Waals surface area contributed by atoms with Gasteiger partial charge in [-0.05, 0) is 18.4 Å². The van der Waals surface area contributed by atoms with Crippen molar-refractivity contribution in [1.29, 1.82) is 0 Å². The van der Waals surface area contributed by atoms with Crippen molar-refractivity contribution >= 4 is 28.3 Å². The fourth-order valence-electron chi connectivity index (χ4n) is 2.68. The number of hydrogen-bond acceptors (Lipinski definition) is 5. The Kier molecular flexibility index (Phi) is 5.18. The first kappa shape index (κ1) is 16.8. The normalized spacial score (nSPS) is 13.4. The van der Waals surface area contributed by atoms with Gasteiger partial charge in [-0.1, -0.05) is 36.4 Å². The first-order valence-corrected chi connectivity index (χ1v) is 8.10. The van der Waals surface area contributed by atoms with Crippen LogP contribution in [0.3, 0.4) is 0 Å². The highest BCUT2D eigenvalue weighted by Gasteiger charge is 2.21. The number of rotatable bonds is 5. The molecule has 2 aromatic carbocycles. The van der Waals surface area contributed by atoms with E-state index in [1.165, 1.54) is 6.26 Å². The maximum Gasteiger partial charge on any atom is 0.377 e. The average molecular weight is 341 g/mol. The molecule has 1 amide bonds. The van der Waals surface area contributed by atoms with E-state index < -0.39 is 5.97 Å². The van der Waals surface area contributed by atoms with Gasteiger partial charge in [0.15, 0.2) is 6.61 Å². The molecule has 130 valence electrons. The molecule has 0 radical (unpaired) electrons. The zero-order valence-corrected chi connectivity index (χ0v) is 13.9. The molecule has 0 N–H and O–H groups in total. The monoisotopic (exact) mass is 341 g/mol. The molecule has 25 heavy (non-hydrogen) atoms. The Balaban J connectivity index is 1.73. The van der Waals surface area contributed by atoms with Crippen LogP contribution in [-0.4, -0.2) is 38.2 Å². The van der Waals surface area contributed by atoms with E-state index in [1.54, 1.807) is 4.90 Å². The van der Waals surface area contributed by atoms with Crippen LogP contribution in [0.2, 0.25) is 0 Å². The molecule has 0 saturated heterocycles. The lowest BCUT2D eigenvalue weighted by Crippen LogP contribution is -2.35. The van der Waals surface area contributed by atoms with E-state index in [9.17, 15) is 9.59 Å². The van der Waals surface area contributed by atoms with E-state index in [0.717, 1.165) is 16.5 Å². The van der Waals surface area contributed by atoms with Crippen LogP contribution in [0.4, 0.5) is 5.69 Å². The maximum absolute atomic E-state index is 12.6. The topological polar surface area (TPSA) is 65.1 Å².